The number of nitro benzene ring substituents is 1. The molecule has 3 rings (SSSR count). The lowest BCUT2D eigenvalue weighted by molar-refractivity contribution is -0.388. The third-order valence-corrected chi connectivity index (χ3v) is 7.98. The summed E-state index contributed by atoms with van der Waals surface area (Å²) >= 11 is 0. The Morgan fingerprint density at radius 2 is 1.83 bits per heavy atom. The van der Waals surface area contributed by atoms with E-state index in [1.54, 1.807) is 24.3 Å². The van der Waals surface area contributed by atoms with Crippen molar-refractivity contribution in [3.8, 4) is 0 Å². The number of amidine groups is 1. The number of carbonyl (C=O) groups is 2. The summed E-state index contributed by atoms with van der Waals surface area (Å²) < 4.78 is 70.3. The molecular weight excluding hydrogens is 575 g/mol. The molecule has 0 saturated heterocycles. The molecule has 0 spiro atoms. The van der Waals surface area contributed by atoms with E-state index in [9.17, 15) is 46.4 Å². The van der Waals surface area contributed by atoms with Gasteiger partial charge >= 0.3 is 12.3 Å². The van der Waals surface area contributed by atoms with Gasteiger partial charge in [0.1, 0.15) is 12.4 Å². The number of hydrogen-bond acceptors (Lipinski definition) is 8. The number of alkyl halides is 3. The van der Waals surface area contributed by atoms with Crippen molar-refractivity contribution in [2.75, 3.05) is 46.9 Å². The van der Waals surface area contributed by atoms with Crippen LogP contribution in [-0.2, 0) is 32.3 Å². The fourth-order valence-corrected chi connectivity index (χ4v) is 5.10. The van der Waals surface area contributed by atoms with Gasteiger partial charge in [-0.05, 0) is 17.7 Å². The molecule has 17 heteroatoms. The van der Waals surface area contributed by atoms with Gasteiger partial charge in [-0.2, -0.15) is 17.5 Å². The van der Waals surface area contributed by atoms with Crippen molar-refractivity contribution >= 4 is 33.5 Å². The predicted molar refractivity (Wildman–Crippen MR) is 138 cm³/mol. The van der Waals surface area contributed by atoms with E-state index in [-0.39, 0.29) is 32.3 Å². The standard InChI is InChI=1S/C24H26F3N5O8S/c1-29(14-16-3-5-17(6-4-16)22-28-9-10-31(22)23(34)35)21(33)15-40-12-11-30(2)41(38,39)20-8-7-18(24(25,26)27)13-19(20)32(36)37/h3-8,13H,9-12,14-15H2,1-2H3,(H,34,35). The molecule has 0 aliphatic carbocycles. The number of rotatable bonds is 11. The number of sulfonamides is 1. The number of nitrogens with zero attached hydrogens (tertiary/aromatic N) is 5. The van der Waals surface area contributed by atoms with Crippen LogP contribution in [0.25, 0.3) is 0 Å². The Hall–Kier alpha value is -4.09. The minimum atomic E-state index is -4.90. The van der Waals surface area contributed by atoms with Gasteiger partial charge in [-0.3, -0.25) is 24.8 Å². The van der Waals surface area contributed by atoms with Crippen molar-refractivity contribution in [3.05, 3.63) is 69.3 Å². The lowest BCUT2D eigenvalue weighted by atomic mass is 10.1. The van der Waals surface area contributed by atoms with Gasteiger partial charge in [0, 0.05) is 38.8 Å². The maximum atomic E-state index is 12.9. The maximum absolute atomic E-state index is 12.9. The molecule has 1 heterocycles. The molecule has 0 unspecified atom stereocenters. The fourth-order valence-electron chi connectivity index (χ4n) is 3.81. The SMILES string of the molecule is CN(Cc1ccc(C2=NCCN2C(=O)O)cc1)C(=O)COCCN(C)S(=O)(=O)c1ccc(C(F)(F)F)cc1[N+](=O)[O-]. The van der Waals surface area contributed by atoms with Crippen LogP contribution >= 0.6 is 0 Å². The zero-order valence-electron chi connectivity index (χ0n) is 21.9. The quantitative estimate of drug-likeness (QED) is 0.233. The van der Waals surface area contributed by atoms with Crippen molar-refractivity contribution in [1.29, 1.82) is 0 Å². The summed E-state index contributed by atoms with van der Waals surface area (Å²) in [5.74, 6) is -0.0861. The van der Waals surface area contributed by atoms with Crippen molar-refractivity contribution in [1.82, 2.24) is 14.1 Å². The number of carbonyl (C=O) groups excluding carboxylic acids is 1. The number of halogens is 3. The van der Waals surface area contributed by atoms with Gasteiger partial charge in [0.2, 0.25) is 15.9 Å². The van der Waals surface area contributed by atoms with Crippen molar-refractivity contribution in [2.45, 2.75) is 17.6 Å². The summed E-state index contributed by atoms with van der Waals surface area (Å²) in [7, 11) is -1.95. The zero-order valence-corrected chi connectivity index (χ0v) is 22.7. The average molecular weight is 602 g/mol. The summed E-state index contributed by atoms with van der Waals surface area (Å²) in [4.78, 5) is 39.6. The van der Waals surface area contributed by atoms with Crippen LogP contribution in [0.15, 0.2) is 52.4 Å². The van der Waals surface area contributed by atoms with Gasteiger partial charge in [-0.1, -0.05) is 24.3 Å². The van der Waals surface area contributed by atoms with Crippen molar-refractivity contribution < 1.29 is 45.9 Å². The van der Waals surface area contributed by atoms with Crippen molar-refractivity contribution in [2.24, 2.45) is 4.99 Å². The van der Waals surface area contributed by atoms with Crippen LogP contribution < -0.4 is 0 Å². The number of ether oxygens (including phenoxy) is 1. The van der Waals surface area contributed by atoms with Crippen LogP contribution in [0.4, 0.5) is 23.7 Å². The second-order valence-electron chi connectivity index (χ2n) is 8.90. The van der Waals surface area contributed by atoms with E-state index >= 15 is 0 Å². The maximum Gasteiger partial charge on any atom is 0.416 e. The molecule has 1 N–H and O–H groups in total. The highest BCUT2D eigenvalue weighted by molar-refractivity contribution is 7.89. The Morgan fingerprint density at radius 1 is 1.17 bits per heavy atom. The van der Waals surface area contributed by atoms with Crippen LogP contribution in [-0.4, -0.2) is 97.3 Å². The van der Waals surface area contributed by atoms with Gasteiger partial charge in [-0.15, -0.1) is 0 Å². The van der Waals surface area contributed by atoms with Gasteiger partial charge in [0.15, 0.2) is 4.90 Å². The molecule has 13 nitrogen and oxygen atoms in total. The minimum Gasteiger partial charge on any atom is -0.465 e. The van der Waals surface area contributed by atoms with Crippen LogP contribution in [0.1, 0.15) is 16.7 Å². The van der Waals surface area contributed by atoms with E-state index in [0.29, 0.717) is 34.4 Å². The molecule has 0 aromatic heterocycles. The normalized spacial score (nSPS) is 13.8. The molecule has 0 fully saturated rings. The molecule has 1 aliphatic rings. The molecule has 1 aliphatic heterocycles. The third kappa shape index (κ3) is 7.56. The van der Waals surface area contributed by atoms with Crippen LogP contribution in [0.3, 0.4) is 0 Å². The number of nitro groups is 1. The average Bonchev–Trinajstić information content (AvgIpc) is 3.41. The highest BCUT2D eigenvalue weighted by Gasteiger charge is 2.36. The van der Waals surface area contributed by atoms with Crippen LogP contribution in [0, 0.1) is 10.1 Å². The molecule has 41 heavy (non-hydrogen) atoms. The molecular formula is C24H26F3N5O8S. The lowest BCUT2D eigenvalue weighted by Gasteiger charge is -2.20. The number of likely N-dealkylation sites (N-methyl/N-ethyl adjacent to an activating group) is 2. The highest BCUT2D eigenvalue weighted by atomic mass is 32.2. The predicted octanol–water partition coefficient (Wildman–Crippen LogP) is 2.65. The molecule has 0 radical (unpaired) electrons. The van der Waals surface area contributed by atoms with Gasteiger partial charge in [0.05, 0.1) is 30.2 Å². The van der Waals surface area contributed by atoms with Crippen molar-refractivity contribution in [3.63, 3.8) is 0 Å². The summed E-state index contributed by atoms with van der Waals surface area (Å²) in [6, 6.07) is 7.97. The highest BCUT2D eigenvalue weighted by Crippen LogP contribution is 2.35. The van der Waals surface area contributed by atoms with E-state index in [1.165, 1.54) is 11.9 Å². The summed E-state index contributed by atoms with van der Waals surface area (Å²) in [5, 5.41) is 20.5. The van der Waals surface area contributed by atoms with Crippen LogP contribution in [0.5, 0.6) is 0 Å². The smallest absolute Gasteiger partial charge is 0.416 e. The van der Waals surface area contributed by atoms with E-state index in [4.69, 9.17) is 4.74 Å². The topological polar surface area (TPSA) is 163 Å². The van der Waals surface area contributed by atoms with Gasteiger partial charge < -0.3 is 14.7 Å². The fraction of sp³-hybridized carbons (Fsp3) is 0.375. The summed E-state index contributed by atoms with van der Waals surface area (Å²) in [5.41, 5.74) is -1.21. The minimum absolute atomic E-state index is 0.160. The molecule has 2 amide bonds. The number of aliphatic imine (C=N–C) groups is 1. The molecule has 222 valence electrons. The van der Waals surface area contributed by atoms with Gasteiger partial charge in [-0.25, -0.2) is 13.2 Å². The Labute approximate surface area is 232 Å². The largest absolute Gasteiger partial charge is 0.465 e. The number of hydrogen-bond donors (Lipinski definition) is 1. The Balaban J connectivity index is 1.52. The second-order valence-corrected chi connectivity index (χ2v) is 10.9. The van der Waals surface area contributed by atoms with E-state index in [0.717, 1.165) is 17.5 Å². The van der Waals surface area contributed by atoms with E-state index in [1.807, 2.05) is 0 Å². The monoisotopic (exact) mass is 601 g/mol. The Bertz CT molecular complexity index is 1450. The molecule has 2 aromatic carbocycles. The first kappa shape index (κ1) is 31.4. The first-order valence-electron chi connectivity index (χ1n) is 11.9. The molecule has 0 bridgehead atoms. The third-order valence-electron chi connectivity index (χ3n) is 6.08. The first-order valence-corrected chi connectivity index (χ1v) is 13.3. The van der Waals surface area contributed by atoms with E-state index in [2.05, 4.69) is 4.99 Å². The zero-order chi connectivity index (χ0) is 30.5. The Kier molecular flexibility index (Phi) is 9.67. The second kappa shape index (κ2) is 12.6. The van der Waals surface area contributed by atoms with Crippen LogP contribution in [0.2, 0.25) is 0 Å². The van der Waals surface area contributed by atoms with Gasteiger partial charge in [0.25, 0.3) is 5.69 Å². The number of carboxylic acid groups (broad SMARTS) is 1. The lowest BCUT2D eigenvalue weighted by Crippen LogP contribution is -2.34. The number of benzene rings is 2. The van der Waals surface area contributed by atoms with E-state index < -0.39 is 55.9 Å². The summed E-state index contributed by atoms with van der Waals surface area (Å²) in [6.45, 7) is -0.175. The summed E-state index contributed by atoms with van der Waals surface area (Å²) in [6.07, 6.45) is -6.00. The first-order chi connectivity index (χ1) is 19.1. The Morgan fingerprint density at radius 3 is 2.41 bits per heavy atom. The molecule has 0 atom stereocenters. The molecule has 2 aromatic rings. The number of amides is 2. The molecule has 0 saturated carbocycles.